The van der Waals surface area contributed by atoms with Gasteiger partial charge < -0.3 is 20.0 Å². The third-order valence-electron chi connectivity index (χ3n) is 3.79. The highest BCUT2D eigenvalue weighted by molar-refractivity contribution is 5.76. The molecule has 0 radical (unpaired) electrons. The van der Waals surface area contributed by atoms with Crippen molar-refractivity contribution in [1.29, 1.82) is 0 Å². The molecule has 0 fully saturated rings. The first-order valence-corrected chi connectivity index (χ1v) is 7.73. The van der Waals surface area contributed by atoms with Gasteiger partial charge in [-0.25, -0.2) is 0 Å². The molecule has 1 amide bonds. The number of nitrogens with zero attached hydrogens (tertiary/aromatic N) is 4. The van der Waals surface area contributed by atoms with Crippen LogP contribution in [0.4, 0.5) is 5.82 Å². The summed E-state index contributed by atoms with van der Waals surface area (Å²) in [4.78, 5) is 22.1. The van der Waals surface area contributed by atoms with Crippen molar-refractivity contribution in [3.05, 3.63) is 76.7 Å². The second-order valence-electron chi connectivity index (χ2n) is 5.60. The summed E-state index contributed by atoms with van der Waals surface area (Å²) < 4.78 is 3.24. The molecule has 0 saturated heterocycles. The molecule has 0 saturated carbocycles. The van der Waals surface area contributed by atoms with Gasteiger partial charge in [0.1, 0.15) is 6.54 Å². The van der Waals surface area contributed by atoms with Crippen LogP contribution in [0.25, 0.3) is 5.69 Å². The van der Waals surface area contributed by atoms with E-state index >= 15 is 0 Å². The van der Waals surface area contributed by atoms with E-state index in [4.69, 9.17) is 0 Å². The largest absolute Gasteiger partial charge is 0.389 e. The molecule has 8 heteroatoms. The minimum Gasteiger partial charge on any atom is -0.358 e. The van der Waals surface area contributed by atoms with E-state index in [1.807, 2.05) is 60.3 Å². The maximum Gasteiger partial charge on any atom is 0.389 e. The quantitative estimate of drug-likeness (QED) is 0.551. The number of hydrogen-bond donors (Lipinski definition) is 1. The minimum atomic E-state index is -0.594. The van der Waals surface area contributed by atoms with Crippen molar-refractivity contribution in [3.8, 4) is 5.69 Å². The molecule has 8 nitrogen and oxygen atoms in total. The predicted molar refractivity (Wildman–Crippen MR) is 91.2 cm³/mol. The summed E-state index contributed by atoms with van der Waals surface area (Å²) in [6.45, 7) is 1.81. The molecule has 1 aromatic carbocycles. The fourth-order valence-corrected chi connectivity index (χ4v) is 2.50. The third kappa shape index (κ3) is 3.92. The van der Waals surface area contributed by atoms with Crippen molar-refractivity contribution in [3.63, 3.8) is 0 Å². The molecule has 0 aliphatic rings. The summed E-state index contributed by atoms with van der Waals surface area (Å²) >= 11 is 0. The predicted octanol–water partition coefficient (Wildman–Crippen LogP) is 2.46. The van der Waals surface area contributed by atoms with E-state index in [0.717, 1.165) is 11.3 Å². The summed E-state index contributed by atoms with van der Waals surface area (Å²) in [5.74, 6) is -0.540. The van der Waals surface area contributed by atoms with E-state index in [1.165, 1.54) is 16.9 Å². The summed E-state index contributed by atoms with van der Waals surface area (Å²) in [6.07, 6.45) is 5.33. The molecule has 1 unspecified atom stereocenters. The van der Waals surface area contributed by atoms with Crippen molar-refractivity contribution >= 4 is 11.7 Å². The first kappa shape index (κ1) is 16.4. The topological polar surface area (TPSA) is 95.0 Å². The molecule has 2 aromatic heterocycles. The Bertz CT molecular complexity index is 868. The van der Waals surface area contributed by atoms with Gasteiger partial charge in [0.2, 0.25) is 5.91 Å². The lowest BCUT2D eigenvalue weighted by Gasteiger charge is -2.14. The van der Waals surface area contributed by atoms with Crippen LogP contribution in [0.2, 0.25) is 0 Å². The molecule has 0 bridgehead atoms. The van der Waals surface area contributed by atoms with E-state index in [2.05, 4.69) is 10.4 Å². The number of nitro groups is 1. The number of carbonyl (C=O) groups excluding carboxylic acids is 1. The molecule has 0 aliphatic carbocycles. The van der Waals surface area contributed by atoms with Crippen LogP contribution in [0.15, 0.2) is 61.1 Å². The lowest BCUT2D eigenvalue weighted by atomic mass is 10.1. The van der Waals surface area contributed by atoms with Gasteiger partial charge in [-0.3, -0.25) is 4.79 Å². The molecule has 2 heterocycles. The van der Waals surface area contributed by atoms with E-state index in [9.17, 15) is 14.9 Å². The summed E-state index contributed by atoms with van der Waals surface area (Å²) in [6, 6.07) is 12.9. The van der Waals surface area contributed by atoms with Crippen LogP contribution in [0.1, 0.15) is 18.5 Å². The molecule has 0 spiro atoms. The number of carbonyl (C=O) groups is 1. The van der Waals surface area contributed by atoms with Gasteiger partial charge in [0.05, 0.1) is 23.4 Å². The fourth-order valence-electron chi connectivity index (χ4n) is 2.50. The molecule has 1 N–H and O–H groups in total. The highest BCUT2D eigenvalue weighted by atomic mass is 16.6. The SMILES string of the molecule is CC(NC(=O)Cn1ccc([N+](=O)[O-])n1)c1ccc(-n2cccc2)cc1. The molecular formula is C17H17N5O3. The van der Waals surface area contributed by atoms with Gasteiger partial charge in [-0.2, -0.15) is 4.68 Å². The highest BCUT2D eigenvalue weighted by Gasteiger charge is 2.15. The zero-order valence-corrected chi connectivity index (χ0v) is 13.6. The first-order chi connectivity index (χ1) is 12.0. The Morgan fingerprint density at radius 1 is 1.20 bits per heavy atom. The van der Waals surface area contributed by atoms with Crippen LogP contribution >= 0.6 is 0 Å². The van der Waals surface area contributed by atoms with Gasteiger partial charge in [-0.1, -0.05) is 12.1 Å². The van der Waals surface area contributed by atoms with Crippen molar-refractivity contribution in [1.82, 2.24) is 19.7 Å². The number of amides is 1. The number of benzene rings is 1. The van der Waals surface area contributed by atoms with Gasteiger partial charge in [-0.15, -0.1) is 0 Å². The summed E-state index contributed by atoms with van der Waals surface area (Å²) in [5.41, 5.74) is 2.01. The zero-order chi connectivity index (χ0) is 17.8. The Balaban J connectivity index is 1.60. The Labute approximate surface area is 143 Å². The molecule has 25 heavy (non-hydrogen) atoms. The Morgan fingerprint density at radius 3 is 2.48 bits per heavy atom. The van der Waals surface area contributed by atoms with Gasteiger partial charge in [0.25, 0.3) is 0 Å². The average Bonchev–Trinajstić information content (AvgIpc) is 3.26. The normalized spacial score (nSPS) is 11.9. The molecule has 0 aliphatic heterocycles. The Morgan fingerprint density at radius 2 is 1.88 bits per heavy atom. The maximum atomic E-state index is 12.1. The maximum absolute atomic E-state index is 12.1. The second kappa shape index (κ2) is 7.00. The lowest BCUT2D eigenvalue weighted by Crippen LogP contribution is -2.30. The number of aromatic nitrogens is 3. The van der Waals surface area contributed by atoms with Crippen molar-refractivity contribution in [2.45, 2.75) is 19.5 Å². The first-order valence-electron chi connectivity index (χ1n) is 7.73. The van der Waals surface area contributed by atoms with Crippen molar-refractivity contribution < 1.29 is 9.72 Å². The van der Waals surface area contributed by atoms with Crippen LogP contribution in [-0.4, -0.2) is 25.2 Å². The Kier molecular flexibility index (Phi) is 4.60. The van der Waals surface area contributed by atoms with Crippen LogP contribution in [0.3, 0.4) is 0 Å². The van der Waals surface area contributed by atoms with Gasteiger partial charge in [-0.05, 0) is 41.7 Å². The van der Waals surface area contributed by atoms with Crippen LogP contribution < -0.4 is 5.32 Å². The molecule has 128 valence electrons. The van der Waals surface area contributed by atoms with Gasteiger partial charge in [0.15, 0.2) is 0 Å². The standard InChI is InChI=1S/C17H17N5O3/c1-13(14-4-6-15(7-5-14)20-9-2-3-10-20)18-17(23)12-21-11-8-16(19-21)22(24)25/h2-11,13H,12H2,1H3,(H,18,23). The lowest BCUT2D eigenvalue weighted by molar-refractivity contribution is -0.389. The van der Waals surface area contributed by atoms with Crippen molar-refractivity contribution in [2.24, 2.45) is 0 Å². The number of rotatable bonds is 6. The molecular weight excluding hydrogens is 322 g/mol. The van der Waals surface area contributed by atoms with E-state index in [1.54, 1.807) is 0 Å². The summed E-state index contributed by atoms with van der Waals surface area (Å²) in [7, 11) is 0. The van der Waals surface area contributed by atoms with E-state index in [0.29, 0.717) is 0 Å². The van der Waals surface area contributed by atoms with Gasteiger partial charge >= 0.3 is 5.82 Å². The molecule has 1 atom stereocenters. The smallest absolute Gasteiger partial charge is 0.358 e. The number of nitrogens with one attached hydrogen (secondary N) is 1. The average molecular weight is 339 g/mol. The molecule has 3 aromatic rings. The monoisotopic (exact) mass is 339 g/mol. The van der Waals surface area contributed by atoms with Crippen LogP contribution in [-0.2, 0) is 11.3 Å². The zero-order valence-electron chi connectivity index (χ0n) is 13.6. The Hall–Kier alpha value is -3.42. The van der Waals surface area contributed by atoms with Crippen molar-refractivity contribution in [2.75, 3.05) is 0 Å². The highest BCUT2D eigenvalue weighted by Crippen LogP contribution is 2.16. The van der Waals surface area contributed by atoms with E-state index in [-0.39, 0.29) is 24.3 Å². The fraction of sp³-hybridized carbons (Fsp3) is 0.176. The third-order valence-corrected chi connectivity index (χ3v) is 3.79. The molecule has 3 rings (SSSR count). The van der Waals surface area contributed by atoms with Crippen LogP contribution in [0.5, 0.6) is 0 Å². The van der Waals surface area contributed by atoms with E-state index < -0.39 is 4.92 Å². The van der Waals surface area contributed by atoms with Crippen LogP contribution in [0, 0.1) is 10.1 Å². The van der Waals surface area contributed by atoms with Gasteiger partial charge in [0, 0.05) is 18.1 Å². The second-order valence-corrected chi connectivity index (χ2v) is 5.60. The summed E-state index contributed by atoms with van der Waals surface area (Å²) in [5, 5.41) is 17.2. The minimum absolute atomic E-state index is 0.0698. The number of hydrogen-bond acceptors (Lipinski definition) is 4.